The largest absolute Gasteiger partial charge is 0.466 e. The SMILES string of the molecule is CCOC(=O)[C@H]1CCCN(C(=O)c2c3c(cn(-c4ccc(F)cc4)c2=O)C(=O)CC(C)(C)C3)C1. The van der Waals surface area contributed by atoms with Crippen molar-refractivity contribution in [3.05, 3.63) is 63.3 Å². The lowest BCUT2D eigenvalue weighted by Crippen LogP contribution is -2.46. The first-order valence-corrected chi connectivity index (χ1v) is 11.6. The van der Waals surface area contributed by atoms with Crippen LogP contribution in [-0.2, 0) is 16.0 Å². The maximum Gasteiger partial charge on any atom is 0.310 e. The Morgan fingerprint density at radius 1 is 1.15 bits per heavy atom. The molecule has 2 aromatic rings. The number of aromatic nitrogens is 1. The average molecular weight is 469 g/mol. The Labute approximate surface area is 197 Å². The summed E-state index contributed by atoms with van der Waals surface area (Å²) in [5.41, 5.74) is 0.150. The number of esters is 1. The average Bonchev–Trinajstić information content (AvgIpc) is 2.79. The van der Waals surface area contributed by atoms with Crippen molar-refractivity contribution < 1.29 is 23.5 Å². The van der Waals surface area contributed by atoms with Gasteiger partial charge in [0.15, 0.2) is 5.78 Å². The van der Waals surface area contributed by atoms with Gasteiger partial charge in [0.25, 0.3) is 11.5 Å². The molecular weight excluding hydrogens is 439 g/mol. The lowest BCUT2D eigenvalue weighted by molar-refractivity contribution is -0.149. The molecule has 0 saturated carbocycles. The van der Waals surface area contributed by atoms with Crippen molar-refractivity contribution in [2.45, 2.75) is 46.5 Å². The summed E-state index contributed by atoms with van der Waals surface area (Å²) in [4.78, 5) is 54.3. The molecule has 4 rings (SSSR count). The van der Waals surface area contributed by atoms with Crippen LogP contribution in [0.2, 0.25) is 0 Å². The number of benzene rings is 1. The number of ketones is 1. The van der Waals surface area contributed by atoms with E-state index in [1.54, 1.807) is 6.92 Å². The van der Waals surface area contributed by atoms with Crippen molar-refractivity contribution in [2.24, 2.45) is 11.3 Å². The van der Waals surface area contributed by atoms with Crippen LogP contribution in [0.1, 0.15) is 66.3 Å². The molecule has 0 radical (unpaired) electrons. The molecule has 34 heavy (non-hydrogen) atoms. The number of hydrogen-bond acceptors (Lipinski definition) is 5. The first kappa shape index (κ1) is 23.9. The van der Waals surface area contributed by atoms with Gasteiger partial charge >= 0.3 is 5.97 Å². The standard InChI is InChI=1S/C26H29FN2O5/c1-4-34-25(33)16-6-5-11-28(14-16)23(31)22-19-12-26(2,3)13-21(30)20(19)15-29(24(22)32)18-9-7-17(27)8-10-18/h7-10,15-16H,4-6,11-14H2,1-3H3/t16-/m0/s1. The number of pyridine rings is 1. The number of hydrogen-bond donors (Lipinski definition) is 0. The summed E-state index contributed by atoms with van der Waals surface area (Å²) in [5.74, 6) is -1.89. The molecule has 180 valence electrons. The second-order valence-electron chi connectivity index (χ2n) is 9.83. The molecule has 1 aromatic heterocycles. The first-order chi connectivity index (χ1) is 16.1. The minimum absolute atomic E-state index is 0.0486. The summed E-state index contributed by atoms with van der Waals surface area (Å²) >= 11 is 0. The predicted octanol–water partition coefficient (Wildman–Crippen LogP) is 3.55. The second kappa shape index (κ2) is 9.16. The zero-order valence-corrected chi connectivity index (χ0v) is 19.7. The van der Waals surface area contributed by atoms with Crippen molar-refractivity contribution in [1.29, 1.82) is 0 Å². The molecule has 2 aliphatic rings. The van der Waals surface area contributed by atoms with Gasteiger partial charge in [0.2, 0.25) is 0 Å². The fraction of sp³-hybridized carbons (Fsp3) is 0.462. The Kier molecular flexibility index (Phi) is 6.43. The third-order valence-electron chi connectivity index (χ3n) is 6.56. The van der Waals surface area contributed by atoms with Crippen molar-refractivity contribution in [1.82, 2.24) is 9.47 Å². The minimum Gasteiger partial charge on any atom is -0.466 e. The van der Waals surface area contributed by atoms with E-state index in [0.717, 1.165) is 0 Å². The third kappa shape index (κ3) is 4.54. The van der Waals surface area contributed by atoms with Crippen LogP contribution in [0.5, 0.6) is 0 Å². The highest BCUT2D eigenvalue weighted by Crippen LogP contribution is 2.36. The van der Waals surface area contributed by atoms with Gasteiger partial charge < -0.3 is 9.64 Å². The summed E-state index contributed by atoms with van der Waals surface area (Å²) in [5, 5.41) is 0. The van der Waals surface area contributed by atoms with Crippen molar-refractivity contribution >= 4 is 17.7 Å². The number of nitrogens with zero attached hydrogens (tertiary/aromatic N) is 2. The van der Waals surface area contributed by atoms with E-state index >= 15 is 0 Å². The molecule has 1 saturated heterocycles. The smallest absolute Gasteiger partial charge is 0.310 e. The summed E-state index contributed by atoms with van der Waals surface area (Å²) in [6, 6.07) is 5.32. The third-order valence-corrected chi connectivity index (χ3v) is 6.56. The molecular formula is C26H29FN2O5. The Morgan fingerprint density at radius 3 is 2.53 bits per heavy atom. The van der Waals surface area contributed by atoms with Crippen molar-refractivity contribution in [3.8, 4) is 5.69 Å². The topological polar surface area (TPSA) is 85.7 Å². The van der Waals surface area contributed by atoms with E-state index in [1.807, 2.05) is 13.8 Å². The van der Waals surface area contributed by atoms with Crippen molar-refractivity contribution in [3.63, 3.8) is 0 Å². The van der Waals surface area contributed by atoms with E-state index in [2.05, 4.69) is 0 Å². The summed E-state index contributed by atoms with van der Waals surface area (Å²) in [7, 11) is 0. The number of halogens is 1. The van der Waals surface area contributed by atoms with Crippen LogP contribution in [0.15, 0.2) is 35.3 Å². The quantitative estimate of drug-likeness (QED) is 0.641. The molecule has 0 N–H and O–H groups in total. The number of piperidine rings is 1. The van der Waals surface area contributed by atoms with Crippen LogP contribution in [0.4, 0.5) is 4.39 Å². The van der Waals surface area contributed by atoms with Gasteiger partial charge in [0, 0.05) is 37.0 Å². The second-order valence-corrected chi connectivity index (χ2v) is 9.83. The monoisotopic (exact) mass is 468 g/mol. The number of ether oxygens (including phenoxy) is 1. The number of fused-ring (bicyclic) bond motifs is 1. The molecule has 1 amide bonds. The number of Topliss-reactive ketones (excluding diaryl/α,β-unsaturated/α-hetero) is 1. The molecule has 2 heterocycles. The Hall–Kier alpha value is -3.29. The zero-order valence-electron chi connectivity index (χ0n) is 19.7. The van der Waals surface area contributed by atoms with Gasteiger partial charge in [0.05, 0.1) is 12.5 Å². The van der Waals surface area contributed by atoms with Gasteiger partial charge in [-0.25, -0.2) is 4.39 Å². The number of carbonyl (C=O) groups excluding carboxylic acids is 3. The van der Waals surface area contributed by atoms with E-state index < -0.39 is 28.6 Å². The molecule has 1 aromatic carbocycles. The van der Waals surface area contributed by atoms with Crippen LogP contribution in [-0.4, -0.2) is 46.8 Å². The maximum atomic E-state index is 13.8. The van der Waals surface area contributed by atoms with Crippen LogP contribution in [0, 0.1) is 17.2 Å². The summed E-state index contributed by atoms with van der Waals surface area (Å²) < 4.78 is 19.9. The highest BCUT2D eigenvalue weighted by Gasteiger charge is 2.38. The molecule has 0 spiro atoms. The van der Waals surface area contributed by atoms with Gasteiger partial charge in [-0.3, -0.25) is 23.7 Å². The number of likely N-dealkylation sites (tertiary alicyclic amines) is 1. The highest BCUT2D eigenvalue weighted by atomic mass is 19.1. The van der Waals surface area contributed by atoms with Crippen LogP contribution >= 0.6 is 0 Å². The van der Waals surface area contributed by atoms with Gasteiger partial charge in [-0.1, -0.05) is 13.8 Å². The van der Waals surface area contributed by atoms with E-state index in [-0.39, 0.29) is 30.5 Å². The number of amides is 1. The molecule has 1 fully saturated rings. The molecule has 0 bridgehead atoms. The van der Waals surface area contributed by atoms with Gasteiger partial charge in [-0.2, -0.15) is 0 Å². The van der Waals surface area contributed by atoms with Gasteiger partial charge in [-0.15, -0.1) is 0 Å². The summed E-state index contributed by atoms with van der Waals surface area (Å²) in [6.45, 7) is 6.43. The molecule has 8 heteroatoms. The number of rotatable bonds is 4. The lowest BCUT2D eigenvalue weighted by Gasteiger charge is -2.34. The minimum atomic E-state index is -0.556. The molecule has 0 unspecified atom stereocenters. The fourth-order valence-corrected chi connectivity index (χ4v) is 4.93. The predicted molar refractivity (Wildman–Crippen MR) is 124 cm³/mol. The van der Waals surface area contributed by atoms with Crippen LogP contribution < -0.4 is 5.56 Å². The van der Waals surface area contributed by atoms with E-state index in [4.69, 9.17) is 4.74 Å². The normalized spacial score (nSPS) is 19.5. The fourth-order valence-electron chi connectivity index (χ4n) is 4.93. The van der Waals surface area contributed by atoms with Crippen LogP contribution in [0.25, 0.3) is 5.69 Å². The Bertz CT molecular complexity index is 1200. The highest BCUT2D eigenvalue weighted by molar-refractivity contribution is 6.04. The lowest BCUT2D eigenvalue weighted by atomic mass is 9.73. The molecule has 1 aliphatic carbocycles. The molecule has 1 aliphatic heterocycles. The van der Waals surface area contributed by atoms with Crippen LogP contribution in [0.3, 0.4) is 0 Å². The van der Waals surface area contributed by atoms with Crippen molar-refractivity contribution in [2.75, 3.05) is 19.7 Å². The Balaban J connectivity index is 1.83. The van der Waals surface area contributed by atoms with Gasteiger partial charge in [0.1, 0.15) is 11.4 Å². The van der Waals surface area contributed by atoms with E-state index in [9.17, 15) is 23.6 Å². The first-order valence-electron chi connectivity index (χ1n) is 11.6. The molecule has 7 nitrogen and oxygen atoms in total. The van der Waals surface area contributed by atoms with E-state index in [0.29, 0.717) is 49.0 Å². The Morgan fingerprint density at radius 2 is 1.85 bits per heavy atom. The zero-order chi connectivity index (χ0) is 24.6. The molecule has 1 atom stereocenters. The summed E-state index contributed by atoms with van der Waals surface area (Å²) in [6.07, 6.45) is 3.40. The number of carbonyl (C=O) groups is 3. The maximum absolute atomic E-state index is 13.8. The van der Waals surface area contributed by atoms with Gasteiger partial charge in [-0.05, 0) is 61.4 Å². The van der Waals surface area contributed by atoms with E-state index in [1.165, 1.54) is 39.9 Å².